The van der Waals surface area contributed by atoms with Crippen molar-refractivity contribution in [3.63, 3.8) is 0 Å². The fourth-order valence-electron chi connectivity index (χ4n) is 1.38. The summed E-state index contributed by atoms with van der Waals surface area (Å²) in [5.41, 5.74) is 1.07. The molecule has 0 fully saturated rings. The van der Waals surface area contributed by atoms with Crippen LogP contribution in [0.15, 0.2) is 36.5 Å². The molecule has 2 amide bonds. The Morgan fingerprint density at radius 2 is 2.11 bits per heavy atom. The SMILES string of the molecule is O=C(NCCO)Nc1ncc(-c2ccccc2)s1. The first-order valence-corrected chi connectivity index (χ1v) is 6.28. The van der Waals surface area contributed by atoms with Crippen molar-refractivity contribution in [2.75, 3.05) is 18.5 Å². The van der Waals surface area contributed by atoms with Gasteiger partial charge in [0, 0.05) is 12.7 Å². The summed E-state index contributed by atoms with van der Waals surface area (Å²) in [5.74, 6) is 0. The van der Waals surface area contributed by atoms with E-state index in [1.807, 2.05) is 30.3 Å². The summed E-state index contributed by atoms with van der Waals surface area (Å²) in [5, 5.41) is 14.2. The number of aliphatic hydroxyl groups is 1. The van der Waals surface area contributed by atoms with E-state index in [4.69, 9.17) is 5.11 Å². The van der Waals surface area contributed by atoms with Gasteiger partial charge in [0.25, 0.3) is 0 Å². The fraction of sp³-hybridized carbons (Fsp3) is 0.167. The van der Waals surface area contributed by atoms with Crippen molar-refractivity contribution in [3.8, 4) is 10.4 Å². The summed E-state index contributed by atoms with van der Waals surface area (Å²) in [7, 11) is 0. The highest BCUT2D eigenvalue weighted by Gasteiger charge is 2.06. The first kappa shape index (κ1) is 12.5. The second kappa shape index (κ2) is 6.13. The first-order chi connectivity index (χ1) is 8.79. The van der Waals surface area contributed by atoms with Crippen LogP contribution in [0.25, 0.3) is 10.4 Å². The third kappa shape index (κ3) is 3.28. The minimum Gasteiger partial charge on any atom is -0.395 e. The quantitative estimate of drug-likeness (QED) is 0.789. The van der Waals surface area contributed by atoms with E-state index in [2.05, 4.69) is 15.6 Å². The highest BCUT2D eigenvalue weighted by molar-refractivity contribution is 7.19. The number of benzene rings is 1. The number of carbonyl (C=O) groups is 1. The monoisotopic (exact) mass is 263 g/mol. The van der Waals surface area contributed by atoms with Crippen LogP contribution in [0.4, 0.5) is 9.93 Å². The van der Waals surface area contributed by atoms with Gasteiger partial charge >= 0.3 is 6.03 Å². The lowest BCUT2D eigenvalue weighted by molar-refractivity contribution is 0.245. The van der Waals surface area contributed by atoms with Crippen LogP contribution in [0.2, 0.25) is 0 Å². The maximum Gasteiger partial charge on any atom is 0.321 e. The molecule has 6 heteroatoms. The Labute approximate surface area is 108 Å². The van der Waals surface area contributed by atoms with Gasteiger partial charge in [0.05, 0.1) is 11.5 Å². The first-order valence-electron chi connectivity index (χ1n) is 5.46. The van der Waals surface area contributed by atoms with Crippen LogP contribution in [-0.2, 0) is 0 Å². The zero-order valence-electron chi connectivity index (χ0n) is 9.59. The van der Waals surface area contributed by atoms with E-state index < -0.39 is 0 Å². The minimum atomic E-state index is -0.363. The molecule has 0 unspecified atom stereocenters. The number of rotatable bonds is 4. The Balaban J connectivity index is 2.00. The number of thiazole rings is 1. The second-order valence-electron chi connectivity index (χ2n) is 3.50. The van der Waals surface area contributed by atoms with E-state index in [1.54, 1.807) is 6.20 Å². The van der Waals surface area contributed by atoms with Gasteiger partial charge in [-0.15, -0.1) is 0 Å². The molecule has 0 bridgehead atoms. The van der Waals surface area contributed by atoms with Crippen molar-refractivity contribution in [3.05, 3.63) is 36.5 Å². The number of hydrogen-bond acceptors (Lipinski definition) is 4. The summed E-state index contributed by atoms with van der Waals surface area (Å²) >= 11 is 1.40. The average molecular weight is 263 g/mol. The lowest BCUT2D eigenvalue weighted by atomic mass is 10.2. The molecule has 0 saturated heterocycles. The van der Waals surface area contributed by atoms with Crippen LogP contribution in [0.1, 0.15) is 0 Å². The smallest absolute Gasteiger partial charge is 0.321 e. The topological polar surface area (TPSA) is 74.2 Å². The van der Waals surface area contributed by atoms with Crippen molar-refractivity contribution in [1.29, 1.82) is 0 Å². The molecule has 0 aliphatic carbocycles. The van der Waals surface area contributed by atoms with Crippen molar-refractivity contribution in [2.24, 2.45) is 0 Å². The zero-order valence-corrected chi connectivity index (χ0v) is 10.4. The third-order valence-corrected chi connectivity index (χ3v) is 3.14. The minimum absolute atomic E-state index is 0.0828. The van der Waals surface area contributed by atoms with Crippen LogP contribution in [0.5, 0.6) is 0 Å². The van der Waals surface area contributed by atoms with Gasteiger partial charge in [0.2, 0.25) is 0 Å². The molecule has 3 N–H and O–H groups in total. The molecule has 1 aromatic heterocycles. The maximum atomic E-state index is 11.4. The number of aliphatic hydroxyl groups excluding tert-OH is 1. The molecule has 94 valence electrons. The zero-order chi connectivity index (χ0) is 12.8. The second-order valence-corrected chi connectivity index (χ2v) is 4.53. The van der Waals surface area contributed by atoms with E-state index in [9.17, 15) is 4.79 Å². The standard InChI is InChI=1S/C12H13N3O2S/c16-7-6-13-11(17)15-12-14-8-10(18-12)9-4-2-1-3-5-9/h1-5,8,16H,6-7H2,(H2,13,14,15,17). The molecule has 0 spiro atoms. The molecule has 0 atom stereocenters. The number of carbonyl (C=O) groups excluding carboxylic acids is 1. The summed E-state index contributed by atoms with van der Waals surface area (Å²) in [4.78, 5) is 16.5. The number of nitrogens with zero attached hydrogens (tertiary/aromatic N) is 1. The summed E-state index contributed by atoms with van der Waals surface area (Å²) in [6.45, 7) is 0.142. The highest BCUT2D eigenvalue weighted by Crippen LogP contribution is 2.28. The molecule has 18 heavy (non-hydrogen) atoms. The summed E-state index contributed by atoms with van der Waals surface area (Å²) in [6.07, 6.45) is 1.72. The van der Waals surface area contributed by atoms with E-state index in [0.717, 1.165) is 10.4 Å². The summed E-state index contributed by atoms with van der Waals surface area (Å²) < 4.78 is 0. The van der Waals surface area contributed by atoms with Crippen molar-refractivity contribution < 1.29 is 9.90 Å². The maximum absolute atomic E-state index is 11.4. The number of urea groups is 1. The molecular weight excluding hydrogens is 250 g/mol. The predicted molar refractivity (Wildman–Crippen MR) is 71.7 cm³/mol. The molecule has 0 aliphatic heterocycles. The Morgan fingerprint density at radius 3 is 2.83 bits per heavy atom. The molecule has 2 aromatic rings. The van der Waals surface area contributed by atoms with Gasteiger partial charge in [-0.05, 0) is 5.56 Å². The van der Waals surface area contributed by atoms with Gasteiger partial charge in [0.1, 0.15) is 0 Å². The summed E-state index contributed by atoms with van der Waals surface area (Å²) in [6, 6.07) is 9.47. The molecule has 0 saturated carbocycles. The van der Waals surface area contributed by atoms with Gasteiger partial charge in [0.15, 0.2) is 5.13 Å². The lowest BCUT2D eigenvalue weighted by Gasteiger charge is -2.02. The fourth-order valence-corrected chi connectivity index (χ4v) is 2.20. The van der Waals surface area contributed by atoms with Gasteiger partial charge in [-0.3, -0.25) is 5.32 Å². The van der Waals surface area contributed by atoms with E-state index in [1.165, 1.54) is 11.3 Å². The van der Waals surface area contributed by atoms with Crippen molar-refractivity contribution in [2.45, 2.75) is 0 Å². The third-order valence-electron chi connectivity index (χ3n) is 2.18. The Hall–Kier alpha value is -1.92. The van der Waals surface area contributed by atoms with Crippen molar-refractivity contribution >= 4 is 22.5 Å². The number of anilines is 1. The van der Waals surface area contributed by atoms with Gasteiger partial charge in [-0.2, -0.15) is 0 Å². The van der Waals surface area contributed by atoms with Crippen molar-refractivity contribution in [1.82, 2.24) is 10.3 Å². The lowest BCUT2D eigenvalue weighted by Crippen LogP contribution is -2.30. The molecular formula is C12H13N3O2S. The molecule has 5 nitrogen and oxygen atoms in total. The van der Waals surface area contributed by atoms with Gasteiger partial charge < -0.3 is 10.4 Å². The molecule has 0 aliphatic rings. The normalized spacial score (nSPS) is 10.1. The molecule has 0 radical (unpaired) electrons. The number of amides is 2. The predicted octanol–water partition coefficient (Wildman–Crippen LogP) is 1.92. The Morgan fingerprint density at radius 1 is 1.33 bits per heavy atom. The number of aromatic nitrogens is 1. The molecule has 1 heterocycles. The molecule has 1 aromatic carbocycles. The Kier molecular flexibility index (Phi) is 4.27. The highest BCUT2D eigenvalue weighted by atomic mass is 32.1. The van der Waals surface area contributed by atoms with E-state index in [0.29, 0.717) is 5.13 Å². The number of hydrogen-bond donors (Lipinski definition) is 3. The van der Waals surface area contributed by atoms with Crippen LogP contribution >= 0.6 is 11.3 Å². The van der Waals surface area contributed by atoms with Crippen LogP contribution < -0.4 is 10.6 Å². The van der Waals surface area contributed by atoms with Crippen LogP contribution in [0.3, 0.4) is 0 Å². The number of nitrogens with one attached hydrogen (secondary N) is 2. The largest absolute Gasteiger partial charge is 0.395 e. The Bertz CT molecular complexity index is 513. The van der Waals surface area contributed by atoms with Crippen LogP contribution in [0, 0.1) is 0 Å². The van der Waals surface area contributed by atoms with Gasteiger partial charge in [-0.1, -0.05) is 41.7 Å². The van der Waals surface area contributed by atoms with E-state index >= 15 is 0 Å². The van der Waals surface area contributed by atoms with Gasteiger partial charge in [-0.25, -0.2) is 9.78 Å². The van der Waals surface area contributed by atoms with E-state index in [-0.39, 0.29) is 19.2 Å². The van der Waals surface area contributed by atoms with Crippen LogP contribution in [-0.4, -0.2) is 29.3 Å². The average Bonchev–Trinajstić information content (AvgIpc) is 2.86. The molecule has 2 rings (SSSR count).